The number of hydrogen-bond donors (Lipinski definition) is 3. The number of carbonyl (C=O) groups excluding carboxylic acids is 2. The Labute approximate surface area is 170 Å². The van der Waals surface area contributed by atoms with Crippen LogP contribution >= 0.6 is 24.0 Å². The summed E-state index contributed by atoms with van der Waals surface area (Å²) in [6, 6.07) is 7.51. The fourth-order valence-electron chi connectivity index (χ4n) is 2.38. The number of benzene rings is 1. The molecule has 144 valence electrons. The van der Waals surface area contributed by atoms with E-state index in [1.165, 1.54) is 4.90 Å². The van der Waals surface area contributed by atoms with Crippen molar-refractivity contribution < 1.29 is 14.3 Å². The molecule has 0 radical (unpaired) electrons. The fourth-order valence-corrected chi connectivity index (χ4v) is 2.38. The van der Waals surface area contributed by atoms with E-state index in [1.807, 2.05) is 38.1 Å². The number of para-hydroxylation sites is 1. The van der Waals surface area contributed by atoms with Crippen LogP contribution in [0.3, 0.4) is 0 Å². The van der Waals surface area contributed by atoms with Gasteiger partial charge in [-0.2, -0.15) is 0 Å². The largest absolute Gasteiger partial charge is 0.489 e. The Bertz CT molecular complexity index is 637. The molecule has 0 aromatic heterocycles. The van der Waals surface area contributed by atoms with Crippen LogP contribution in [0.25, 0.3) is 0 Å². The minimum absolute atomic E-state index is 0. The van der Waals surface area contributed by atoms with Gasteiger partial charge in [0.2, 0.25) is 5.91 Å². The van der Waals surface area contributed by atoms with Crippen molar-refractivity contribution in [2.45, 2.75) is 20.0 Å². The van der Waals surface area contributed by atoms with E-state index in [0.717, 1.165) is 11.3 Å². The molecule has 0 spiro atoms. The first-order valence-corrected chi connectivity index (χ1v) is 8.26. The molecule has 3 amide bonds. The zero-order chi connectivity index (χ0) is 18.2. The number of nitrogens with one attached hydrogen (secondary N) is 3. The number of hydrogen-bond acceptors (Lipinski definition) is 4. The van der Waals surface area contributed by atoms with Crippen LogP contribution in [-0.4, -0.2) is 62.1 Å². The highest BCUT2D eigenvalue weighted by Gasteiger charge is 2.27. The number of carbonyl (C=O) groups is 2. The first-order valence-electron chi connectivity index (χ1n) is 8.26. The quantitative estimate of drug-likeness (QED) is 0.238. The summed E-state index contributed by atoms with van der Waals surface area (Å²) >= 11 is 0. The van der Waals surface area contributed by atoms with E-state index in [-0.39, 0.29) is 48.6 Å². The van der Waals surface area contributed by atoms with Crippen LogP contribution in [0.5, 0.6) is 5.75 Å². The van der Waals surface area contributed by atoms with E-state index in [4.69, 9.17) is 4.74 Å². The molecule has 1 aliphatic heterocycles. The maximum atomic E-state index is 11.5. The highest BCUT2D eigenvalue weighted by Crippen LogP contribution is 2.17. The number of imide groups is 1. The molecular formula is C17H26IN5O3. The van der Waals surface area contributed by atoms with Gasteiger partial charge in [-0.25, -0.2) is 4.79 Å². The number of ether oxygens (including phenoxy) is 1. The maximum absolute atomic E-state index is 11.5. The van der Waals surface area contributed by atoms with Gasteiger partial charge in [0, 0.05) is 20.1 Å². The van der Waals surface area contributed by atoms with E-state index in [2.05, 4.69) is 20.9 Å². The van der Waals surface area contributed by atoms with E-state index in [0.29, 0.717) is 25.6 Å². The molecule has 1 aliphatic rings. The molecule has 1 aromatic carbocycles. The maximum Gasteiger partial charge on any atom is 0.324 e. The standard InChI is InChI=1S/C17H25N5O3.HI/c1-12-6-4-5-7-14(12)25-13(2)10-20-16(18-3)19-8-9-22-15(23)11-21-17(22)24;/h4-7,13H,8-11H2,1-3H3,(H,21,24)(H2,18,19,20);1H. The summed E-state index contributed by atoms with van der Waals surface area (Å²) in [5.74, 6) is 1.24. The average Bonchev–Trinajstić information content (AvgIpc) is 2.91. The summed E-state index contributed by atoms with van der Waals surface area (Å²) in [5.41, 5.74) is 1.09. The van der Waals surface area contributed by atoms with Gasteiger partial charge in [0.15, 0.2) is 5.96 Å². The monoisotopic (exact) mass is 475 g/mol. The van der Waals surface area contributed by atoms with Crippen molar-refractivity contribution in [2.24, 2.45) is 4.99 Å². The summed E-state index contributed by atoms with van der Waals surface area (Å²) in [4.78, 5) is 28.3. The van der Waals surface area contributed by atoms with E-state index >= 15 is 0 Å². The molecule has 0 saturated carbocycles. The summed E-state index contributed by atoms with van der Waals surface area (Å²) in [6.45, 7) is 5.33. The van der Waals surface area contributed by atoms with Crippen molar-refractivity contribution in [3.8, 4) is 5.75 Å². The van der Waals surface area contributed by atoms with Crippen LogP contribution in [0.4, 0.5) is 4.79 Å². The van der Waals surface area contributed by atoms with E-state index in [1.54, 1.807) is 7.05 Å². The number of guanidine groups is 1. The van der Waals surface area contributed by atoms with Gasteiger partial charge in [0.25, 0.3) is 0 Å². The fraction of sp³-hybridized carbons (Fsp3) is 0.471. The van der Waals surface area contributed by atoms with Gasteiger partial charge < -0.3 is 20.7 Å². The second-order valence-electron chi connectivity index (χ2n) is 5.78. The van der Waals surface area contributed by atoms with Gasteiger partial charge in [-0.3, -0.25) is 14.7 Å². The van der Waals surface area contributed by atoms with Gasteiger partial charge in [-0.05, 0) is 25.5 Å². The molecule has 1 unspecified atom stereocenters. The Balaban J connectivity index is 0.00000338. The Kier molecular flexibility index (Phi) is 9.17. The lowest BCUT2D eigenvalue weighted by Gasteiger charge is -2.19. The van der Waals surface area contributed by atoms with Crippen molar-refractivity contribution in [1.29, 1.82) is 0 Å². The number of rotatable bonds is 7. The Morgan fingerprint density at radius 3 is 2.69 bits per heavy atom. The molecule has 26 heavy (non-hydrogen) atoms. The zero-order valence-corrected chi connectivity index (χ0v) is 17.6. The molecule has 1 saturated heterocycles. The molecule has 2 rings (SSSR count). The molecule has 9 heteroatoms. The third-order valence-electron chi connectivity index (χ3n) is 3.77. The minimum atomic E-state index is -0.352. The van der Waals surface area contributed by atoms with Crippen molar-refractivity contribution in [3.05, 3.63) is 29.8 Å². The van der Waals surface area contributed by atoms with Crippen LogP contribution in [0.15, 0.2) is 29.3 Å². The van der Waals surface area contributed by atoms with E-state index in [9.17, 15) is 9.59 Å². The summed E-state index contributed by atoms with van der Waals surface area (Å²) in [6.07, 6.45) is -0.0504. The first-order chi connectivity index (χ1) is 12.0. The summed E-state index contributed by atoms with van der Waals surface area (Å²) in [7, 11) is 1.66. The minimum Gasteiger partial charge on any atom is -0.489 e. The topological polar surface area (TPSA) is 95.1 Å². The normalized spacial score (nSPS) is 15.2. The van der Waals surface area contributed by atoms with Gasteiger partial charge in [-0.1, -0.05) is 18.2 Å². The smallest absolute Gasteiger partial charge is 0.324 e. The van der Waals surface area contributed by atoms with Crippen molar-refractivity contribution >= 4 is 41.9 Å². The lowest BCUT2D eigenvalue weighted by Crippen LogP contribution is -2.45. The lowest BCUT2D eigenvalue weighted by atomic mass is 10.2. The summed E-state index contributed by atoms with van der Waals surface area (Å²) in [5, 5.41) is 8.73. The molecular weight excluding hydrogens is 449 g/mol. The molecule has 1 heterocycles. The number of aliphatic imine (C=N–C) groups is 1. The highest BCUT2D eigenvalue weighted by atomic mass is 127. The molecule has 1 aromatic rings. The molecule has 0 bridgehead atoms. The average molecular weight is 475 g/mol. The van der Waals surface area contributed by atoms with Gasteiger partial charge in [0.05, 0.1) is 13.1 Å². The number of nitrogens with zero attached hydrogens (tertiary/aromatic N) is 2. The van der Waals surface area contributed by atoms with Crippen LogP contribution in [0.2, 0.25) is 0 Å². The van der Waals surface area contributed by atoms with Gasteiger partial charge in [-0.15, -0.1) is 24.0 Å². The molecule has 8 nitrogen and oxygen atoms in total. The second kappa shape index (κ2) is 10.8. The predicted octanol–water partition coefficient (Wildman–Crippen LogP) is 1.10. The third-order valence-corrected chi connectivity index (χ3v) is 3.77. The van der Waals surface area contributed by atoms with Gasteiger partial charge >= 0.3 is 6.03 Å². The van der Waals surface area contributed by atoms with Crippen LogP contribution in [0, 0.1) is 6.92 Å². The third kappa shape index (κ3) is 6.36. The van der Waals surface area contributed by atoms with Crippen LogP contribution < -0.4 is 20.7 Å². The van der Waals surface area contributed by atoms with Crippen molar-refractivity contribution in [2.75, 3.05) is 33.2 Å². The summed E-state index contributed by atoms with van der Waals surface area (Å²) < 4.78 is 5.90. The molecule has 0 aliphatic carbocycles. The zero-order valence-electron chi connectivity index (χ0n) is 15.2. The molecule has 1 atom stereocenters. The first kappa shape index (κ1) is 22.0. The van der Waals surface area contributed by atoms with Crippen LogP contribution in [-0.2, 0) is 4.79 Å². The Morgan fingerprint density at radius 1 is 1.35 bits per heavy atom. The van der Waals surface area contributed by atoms with Crippen molar-refractivity contribution in [3.63, 3.8) is 0 Å². The Hall–Kier alpha value is -2.04. The highest BCUT2D eigenvalue weighted by molar-refractivity contribution is 14.0. The Morgan fingerprint density at radius 2 is 2.08 bits per heavy atom. The number of halogens is 1. The van der Waals surface area contributed by atoms with Crippen LogP contribution in [0.1, 0.15) is 12.5 Å². The molecule has 1 fully saturated rings. The number of urea groups is 1. The van der Waals surface area contributed by atoms with Crippen molar-refractivity contribution in [1.82, 2.24) is 20.9 Å². The van der Waals surface area contributed by atoms with Gasteiger partial charge in [0.1, 0.15) is 11.9 Å². The number of aryl methyl sites for hydroxylation is 1. The number of amides is 3. The SMILES string of the molecule is CN=C(NCCN1C(=O)CNC1=O)NCC(C)Oc1ccccc1C.I. The molecule has 3 N–H and O–H groups in total. The predicted molar refractivity (Wildman–Crippen MR) is 111 cm³/mol. The lowest BCUT2D eigenvalue weighted by molar-refractivity contribution is -0.124. The van der Waals surface area contributed by atoms with E-state index < -0.39 is 0 Å². The second-order valence-corrected chi connectivity index (χ2v) is 5.78.